The maximum atomic E-state index is 12.0. The van der Waals surface area contributed by atoms with Crippen molar-refractivity contribution in [1.29, 1.82) is 0 Å². The molecule has 2 aromatic carbocycles. The van der Waals surface area contributed by atoms with Crippen LogP contribution >= 0.6 is 11.6 Å². The molecule has 0 aliphatic heterocycles. The molecule has 0 aliphatic carbocycles. The Hall–Kier alpha value is -2.44. The van der Waals surface area contributed by atoms with Crippen molar-refractivity contribution in [3.05, 3.63) is 55.1 Å². The van der Waals surface area contributed by atoms with Crippen molar-refractivity contribution in [3.63, 3.8) is 0 Å². The fourth-order valence-electron chi connectivity index (χ4n) is 2.93. The molecule has 0 saturated heterocycles. The predicted octanol–water partition coefficient (Wildman–Crippen LogP) is 4.79. The fourth-order valence-corrected chi connectivity index (χ4v) is 4.34. The van der Waals surface area contributed by atoms with Gasteiger partial charge < -0.3 is 9.30 Å². The largest absolute Gasteiger partial charge is 0.497 e. The van der Waals surface area contributed by atoms with E-state index in [1.807, 2.05) is 34.9 Å². The molecule has 0 fully saturated rings. The van der Waals surface area contributed by atoms with Crippen molar-refractivity contribution < 1.29 is 13.2 Å². The number of benzene rings is 2. The molecular weight excluding hydrogens is 384 g/mol. The number of aromatic nitrogens is 1. The number of sulfonamides is 1. The monoisotopic (exact) mass is 404 g/mol. The van der Waals surface area contributed by atoms with Gasteiger partial charge in [-0.15, -0.1) is 11.6 Å². The van der Waals surface area contributed by atoms with Crippen LogP contribution in [0.3, 0.4) is 0 Å². The van der Waals surface area contributed by atoms with E-state index in [9.17, 15) is 8.42 Å². The third kappa shape index (κ3) is 4.28. The van der Waals surface area contributed by atoms with Gasteiger partial charge in [0.2, 0.25) is 10.0 Å². The summed E-state index contributed by atoms with van der Waals surface area (Å²) in [5.74, 6) is 1.10. The van der Waals surface area contributed by atoms with Crippen LogP contribution in [0.1, 0.15) is 6.42 Å². The summed E-state index contributed by atoms with van der Waals surface area (Å²) in [6.45, 7) is 3.91. The number of hydrogen-bond donors (Lipinski definition) is 1. The van der Waals surface area contributed by atoms with E-state index in [2.05, 4.69) is 17.4 Å². The highest BCUT2D eigenvalue weighted by Crippen LogP contribution is 2.31. The summed E-state index contributed by atoms with van der Waals surface area (Å²) in [5, 5.41) is 1.07. The minimum atomic E-state index is -3.39. The highest BCUT2D eigenvalue weighted by atomic mass is 35.5. The second-order valence-corrected chi connectivity index (χ2v) is 8.27. The first-order valence-electron chi connectivity index (χ1n) is 8.46. The Kier molecular flexibility index (Phi) is 5.77. The van der Waals surface area contributed by atoms with E-state index < -0.39 is 10.0 Å². The molecule has 0 radical (unpaired) electrons. The maximum Gasteiger partial charge on any atom is 0.232 e. The minimum absolute atomic E-state index is 0.00475. The molecule has 0 spiro atoms. The maximum absolute atomic E-state index is 12.0. The molecule has 0 bridgehead atoms. The second kappa shape index (κ2) is 8.06. The number of rotatable bonds is 8. The molecular formula is C20H21ClN2O3S. The Morgan fingerprint density at radius 3 is 2.56 bits per heavy atom. The number of halogens is 1. The van der Waals surface area contributed by atoms with Crippen molar-refractivity contribution in [2.75, 3.05) is 23.5 Å². The molecule has 0 atom stereocenters. The molecule has 5 nitrogen and oxygen atoms in total. The lowest BCUT2D eigenvalue weighted by atomic mass is 10.1. The quantitative estimate of drug-likeness (QED) is 0.549. The Balaban J connectivity index is 1.92. The second-order valence-electron chi connectivity index (χ2n) is 6.05. The van der Waals surface area contributed by atoms with Gasteiger partial charge in [0, 0.05) is 29.2 Å². The van der Waals surface area contributed by atoms with Crippen LogP contribution in [0.5, 0.6) is 5.75 Å². The number of hydrogen-bond acceptors (Lipinski definition) is 3. The van der Waals surface area contributed by atoms with Crippen LogP contribution in [-0.2, 0) is 10.0 Å². The van der Waals surface area contributed by atoms with Gasteiger partial charge in [-0.2, -0.15) is 0 Å². The number of alkyl halides is 1. The van der Waals surface area contributed by atoms with Crippen molar-refractivity contribution in [2.24, 2.45) is 0 Å². The van der Waals surface area contributed by atoms with Crippen LogP contribution in [0.2, 0.25) is 0 Å². The van der Waals surface area contributed by atoms with Gasteiger partial charge in [-0.25, -0.2) is 8.42 Å². The third-order valence-corrected chi connectivity index (χ3v) is 5.87. The average Bonchev–Trinajstić information content (AvgIpc) is 3.04. The minimum Gasteiger partial charge on any atom is -0.497 e. The van der Waals surface area contributed by atoms with E-state index in [1.165, 1.54) is 0 Å². The summed E-state index contributed by atoms with van der Waals surface area (Å²) in [6, 6.07) is 15.2. The number of ether oxygens (including phenoxy) is 1. The van der Waals surface area contributed by atoms with Gasteiger partial charge in [0.15, 0.2) is 0 Å². The van der Waals surface area contributed by atoms with Crippen LogP contribution in [0.25, 0.3) is 28.4 Å². The molecule has 1 N–H and O–H groups in total. The van der Waals surface area contributed by atoms with Crippen LogP contribution < -0.4 is 9.46 Å². The summed E-state index contributed by atoms with van der Waals surface area (Å²) in [6.07, 6.45) is 2.16. The predicted molar refractivity (Wildman–Crippen MR) is 113 cm³/mol. The summed E-state index contributed by atoms with van der Waals surface area (Å²) < 4.78 is 33.8. The highest BCUT2D eigenvalue weighted by Gasteiger charge is 2.12. The number of anilines is 1. The fraction of sp³-hybridized carbons (Fsp3) is 0.200. The van der Waals surface area contributed by atoms with E-state index in [4.69, 9.17) is 16.3 Å². The Labute approximate surface area is 164 Å². The molecule has 3 rings (SSSR count). The molecule has 0 saturated carbocycles. The molecule has 27 heavy (non-hydrogen) atoms. The van der Waals surface area contributed by atoms with E-state index in [0.717, 1.165) is 27.9 Å². The number of nitrogens with one attached hydrogen (secondary N) is 1. The lowest BCUT2D eigenvalue weighted by molar-refractivity contribution is 0.415. The zero-order valence-corrected chi connectivity index (χ0v) is 16.6. The van der Waals surface area contributed by atoms with Gasteiger partial charge in [0.05, 0.1) is 24.1 Å². The summed E-state index contributed by atoms with van der Waals surface area (Å²) in [4.78, 5) is 0. The smallest absolute Gasteiger partial charge is 0.232 e. The zero-order chi connectivity index (χ0) is 19.4. The van der Waals surface area contributed by atoms with Gasteiger partial charge in [-0.1, -0.05) is 18.7 Å². The van der Waals surface area contributed by atoms with Gasteiger partial charge >= 0.3 is 0 Å². The number of methoxy groups -OCH3 is 1. The summed E-state index contributed by atoms with van der Waals surface area (Å²) >= 11 is 5.57. The molecule has 1 heterocycles. The first-order chi connectivity index (χ1) is 13.0. The van der Waals surface area contributed by atoms with Gasteiger partial charge in [0.25, 0.3) is 0 Å². The van der Waals surface area contributed by atoms with Crippen LogP contribution in [0, 0.1) is 0 Å². The third-order valence-electron chi connectivity index (χ3n) is 4.23. The molecule has 3 aromatic rings. The van der Waals surface area contributed by atoms with Crippen molar-refractivity contribution in [3.8, 4) is 17.0 Å². The SMILES string of the molecule is C=Cn1c(-c2ccc(NS(=O)(=O)CCCCl)cc2)cc2ccc(OC)cc21. The standard InChI is InChI=1S/C20H21ClN2O3S/c1-3-23-19(13-16-7-10-18(26-2)14-20(16)23)15-5-8-17(9-6-15)22-27(24,25)12-4-11-21/h3,5-10,13-14,22H,1,4,11-12H2,2H3. The molecule has 142 valence electrons. The van der Waals surface area contributed by atoms with Gasteiger partial charge in [-0.05, 0) is 42.3 Å². The lowest BCUT2D eigenvalue weighted by Crippen LogP contribution is -2.16. The number of fused-ring (bicyclic) bond motifs is 1. The van der Waals surface area contributed by atoms with Crippen LogP contribution in [0.15, 0.2) is 55.1 Å². The van der Waals surface area contributed by atoms with Crippen molar-refractivity contribution in [1.82, 2.24) is 4.57 Å². The van der Waals surface area contributed by atoms with Crippen LogP contribution in [0.4, 0.5) is 5.69 Å². The normalized spacial score (nSPS) is 11.5. The Morgan fingerprint density at radius 1 is 1.19 bits per heavy atom. The van der Waals surface area contributed by atoms with E-state index in [0.29, 0.717) is 18.0 Å². The van der Waals surface area contributed by atoms with Crippen LogP contribution in [-0.4, -0.2) is 31.7 Å². The average molecular weight is 405 g/mol. The van der Waals surface area contributed by atoms with Crippen molar-refractivity contribution >= 4 is 44.4 Å². The Bertz CT molecular complexity index is 1060. The first-order valence-corrected chi connectivity index (χ1v) is 10.6. The number of nitrogens with zero attached hydrogens (tertiary/aromatic N) is 1. The topological polar surface area (TPSA) is 60.3 Å². The van der Waals surface area contributed by atoms with Gasteiger partial charge in [0.1, 0.15) is 5.75 Å². The Morgan fingerprint density at radius 2 is 1.93 bits per heavy atom. The summed E-state index contributed by atoms with van der Waals surface area (Å²) in [5.41, 5.74) is 3.43. The lowest BCUT2D eigenvalue weighted by Gasteiger charge is -2.09. The molecule has 7 heteroatoms. The highest BCUT2D eigenvalue weighted by molar-refractivity contribution is 7.92. The molecule has 0 aliphatic rings. The summed E-state index contributed by atoms with van der Waals surface area (Å²) in [7, 11) is -1.75. The molecule has 1 aromatic heterocycles. The first kappa shape index (κ1) is 19.3. The molecule has 0 unspecified atom stereocenters. The van der Waals surface area contributed by atoms with Crippen molar-refractivity contribution in [2.45, 2.75) is 6.42 Å². The van der Waals surface area contributed by atoms with E-state index in [1.54, 1.807) is 25.4 Å². The zero-order valence-electron chi connectivity index (χ0n) is 15.0. The van der Waals surface area contributed by atoms with Gasteiger partial charge in [-0.3, -0.25) is 4.72 Å². The van der Waals surface area contributed by atoms with E-state index in [-0.39, 0.29) is 5.75 Å². The van der Waals surface area contributed by atoms with E-state index >= 15 is 0 Å². The molecule has 0 amide bonds.